The molecular formula is C10H12BrNO2. The molecule has 2 N–H and O–H groups in total. The summed E-state index contributed by atoms with van der Waals surface area (Å²) in [5, 5.41) is 0. The number of hydrogen-bond donors (Lipinski definition) is 1. The van der Waals surface area contributed by atoms with Crippen LogP contribution in [-0.4, -0.2) is 12.0 Å². The normalized spacial score (nSPS) is 12.2. The zero-order chi connectivity index (χ0) is 10.7. The predicted octanol–water partition coefficient (Wildman–Crippen LogP) is 2.01. The Bertz CT molecular complexity index is 352. The molecule has 3 nitrogen and oxygen atoms in total. The smallest absolute Gasteiger partial charge is 0.258 e. The van der Waals surface area contributed by atoms with Gasteiger partial charge in [-0.05, 0) is 31.5 Å². The van der Waals surface area contributed by atoms with Gasteiger partial charge < -0.3 is 10.5 Å². The van der Waals surface area contributed by atoms with E-state index in [0.29, 0.717) is 5.75 Å². The van der Waals surface area contributed by atoms with Gasteiger partial charge in [0.05, 0.1) is 0 Å². The highest BCUT2D eigenvalue weighted by atomic mass is 79.9. The van der Waals surface area contributed by atoms with Crippen LogP contribution in [-0.2, 0) is 4.79 Å². The van der Waals surface area contributed by atoms with Gasteiger partial charge in [-0.25, -0.2) is 0 Å². The fourth-order valence-electron chi connectivity index (χ4n) is 0.949. The first kappa shape index (κ1) is 11.0. The Balaban J connectivity index is 2.85. The Morgan fingerprint density at radius 3 is 2.79 bits per heavy atom. The molecule has 4 heteroatoms. The Morgan fingerprint density at radius 2 is 2.21 bits per heavy atom. The number of amides is 1. The summed E-state index contributed by atoms with van der Waals surface area (Å²) in [4.78, 5) is 10.8. The Kier molecular flexibility index (Phi) is 3.52. The number of primary amides is 1. The quantitative estimate of drug-likeness (QED) is 0.901. The third-order valence-corrected chi connectivity index (χ3v) is 2.35. The van der Waals surface area contributed by atoms with Crippen molar-refractivity contribution in [3.63, 3.8) is 0 Å². The lowest BCUT2D eigenvalue weighted by Crippen LogP contribution is -2.30. The van der Waals surface area contributed by atoms with Gasteiger partial charge >= 0.3 is 0 Å². The lowest BCUT2D eigenvalue weighted by molar-refractivity contribution is -0.123. The molecule has 76 valence electrons. The van der Waals surface area contributed by atoms with E-state index in [4.69, 9.17) is 10.5 Å². The SMILES string of the molecule is Cc1ccc(Br)cc1OC(C)C(N)=O. The van der Waals surface area contributed by atoms with Crippen LogP contribution in [0.1, 0.15) is 12.5 Å². The van der Waals surface area contributed by atoms with Crippen molar-refractivity contribution in [1.82, 2.24) is 0 Å². The summed E-state index contributed by atoms with van der Waals surface area (Å²) in [6, 6.07) is 5.64. The van der Waals surface area contributed by atoms with E-state index in [1.54, 1.807) is 6.92 Å². The van der Waals surface area contributed by atoms with Crippen molar-refractivity contribution in [2.45, 2.75) is 20.0 Å². The van der Waals surface area contributed by atoms with Crippen LogP contribution in [0.5, 0.6) is 5.75 Å². The number of carbonyl (C=O) groups is 1. The van der Waals surface area contributed by atoms with Crippen LogP contribution in [0.25, 0.3) is 0 Å². The van der Waals surface area contributed by atoms with Gasteiger partial charge in [0.2, 0.25) is 0 Å². The Labute approximate surface area is 91.4 Å². The maximum absolute atomic E-state index is 10.8. The molecule has 14 heavy (non-hydrogen) atoms. The summed E-state index contributed by atoms with van der Waals surface area (Å²) in [6.07, 6.45) is -0.608. The number of benzene rings is 1. The lowest BCUT2D eigenvalue weighted by Gasteiger charge is -2.13. The van der Waals surface area contributed by atoms with Crippen molar-refractivity contribution in [3.8, 4) is 5.75 Å². The molecule has 1 rings (SSSR count). The molecule has 0 spiro atoms. The summed E-state index contributed by atoms with van der Waals surface area (Å²) in [7, 11) is 0. The Hall–Kier alpha value is -1.03. The van der Waals surface area contributed by atoms with Crippen LogP contribution in [0.2, 0.25) is 0 Å². The monoisotopic (exact) mass is 257 g/mol. The average Bonchev–Trinajstić information content (AvgIpc) is 2.11. The second-order valence-electron chi connectivity index (χ2n) is 3.07. The highest BCUT2D eigenvalue weighted by Crippen LogP contribution is 2.23. The van der Waals surface area contributed by atoms with Crippen LogP contribution in [0, 0.1) is 6.92 Å². The number of halogens is 1. The molecule has 0 aromatic heterocycles. The molecule has 0 heterocycles. The molecule has 0 fully saturated rings. The summed E-state index contributed by atoms with van der Waals surface area (Å²) in [5.41, 5.74) is 6.07. The van der Waals surface area contributed by atoms with Crippen molar-refractivity contribution in [2.24, 2.45) is 5.73 Å². The second kappa shape index (κ2) is 4.46. The molecule has 0 aliphatic heterocycles. The minimum atomic E-state index is -0.608. The van der Waals surface area contributed by atoms with E-state index in [1.165, 1.54) is 0 Å². The minimum absolute atomic E-state index is 0.468. The topological polar surface area (TPSA) is 52.3 Å². The van der Waals surface area contributed by atoms with Crippen LogP contribution >= 0.6 is 15.9 Å². The molecule has 0 radical (unpaired) electrons. The average molecular weight is 258 g/mol. The number of rotatable bonds is 3. The maximum Gasteiger partial charge on any atom is 0.258 e. The Morgan fingerprint density at radius 1 is 1.57 bits per heavy atom. The van der Waals surface area contributed by atoms with Gasteiger partial charge in [0.25, 0.3) is 5.91 Å². The third-order valence-electron chi connectivity index (χ3n) is 1.85. The number of aryl methyl sites for hydroxylation is 1. The van der Waals surface area contributed by atoms with Crippen molar-refractivity contribution in [2.75, 3.05) is 0 Å². The molecule has 0 bridgehead atoms. The van der Waals surface area contributed by atoms with Gasteiger partial charge in [-0.1, -0.05) is 22.0 Å². The standard InChI is InChI=1S/C10H12BrNO2/c1-6-3-4-8(11)5-9(6)14-7(2)10(12)13/h3-5,7H,1-2H3,(H2,12,13). The van der Waals surface area contributed by atoms with E-state index < -0.39 is 12.0 Å². The van der Waals surface area contributed by atoms with Gasteiger partial charge in [0, 0.05) is 4.47 Å². The molecule has 1 atom stereocenters. The summed E-state index contributed by atoms with van der Waals surface area (Å²) in [6.45, 7) is 3.54. The predicted molar refractivity (Wildman–Crippen MR) is 58.2 cm³/mol. The summed E-state index contributed by atoms with van der Waals surface area (Å²) in [5.74, 6) is 0.204. The van der Waals surface area contributed by atoms with E-state index in [1.807, 2.05) is 25.1 Å². The molecule has 1 aromatic rings. The van der Waals surface area contributed by atoms with Gasteiger partial charge in [-0.15, -0.1) is 0 Å². The van der Waals surface area contributed by atoms with Crippen LogP contribution in [0.4, 0.5) is 0 Å². The molecule has 1 unspecified atom stereocenters. The highest BCUT2D eigenvalue weighted by molar-refractivity contribution is 9.10. The van der Waals surface area contributed by atoms with Crippen LogP contribution in [0.15, 0.2) is 22.7 Å². The first-order chi connectivity index (χ1) is 6.50. The zero-order valence-electron chi connectivity index (χ0n) is 8.08. The van der Waals surface area contributed by atoms with Gasteiger partial charge in [-0.2, -0.15) is 0 Å². The first-order valence-corrected chi connectivity index (χ1v) is 5.02. The fraction of sp³-hybridized carbons (Fsp3) is 0.300. The lowest BCUT2D eigenvalue weighted by atomic mass is 10.2. The maximum atomic E-state index is 10.8. The van der Waals surface area contributed by atoms with Gasteiger partial charge in [0.15, 0.2) is 6.10 Å². The number of carbonyl (C=O) groups excluding carboxylic acids is 1. The summed E-state index contributed by atoms with van der Waals surface area (Å²) >= 11 is 3.33. The van der Waals surface area contributed by atoms with Gasteiger partial charge in [-0.3, -0.25) is 4.79 Å². The zero-order valence-corrected chi connectivity index (χ0v) is 9.67. The van der Waals surface area contributed by atoms with E-state index in [0.717, 1.165) is 10.0 Å². The number of hydrogen-bond acceptors (Lipinski definition) is 2. The highest BCUT2D eigenvalue weighted by Gasteiger charge is 2.11. The summed E-state index contributed by atoms with van der Waals surface area (Å²) < 4.78 is 6.29. The molecule has 1 amide bonds. The third kappa shape index (κ3) is 2.73. The van der Waals surface area contributed by atoms with Crippen molar-refractivity contribution in [3.05, 3.63) is 28.2 Å². The molecule has 0 aliphatic carbocycles. The number of ether oxygens (including phenoxy) is 1. The van der Waals surface area contributed by atoms with Crippen molar-refractivity contribution >= 4 is 21.8 Å². The van der Waals surface area contributed by atoms with Crippen LogP contribution in [0.3, 0.4) is 0 Å². The van der Waals surface area contributed by atoms with Gasteiger partial charge in [0.1, 0.15) is 5.75 Å². The second-order valence-corrected chi connectivity index (χ2v) is 3.99. The fourth-order valence-corrected chi connectivity index (χ4v) is 1.29. The van der Waals surface area contributed by atoms with Crippen molar-refractivity contribution < 1.29 is 9.53 Å². The van der Waals surface area contributed by atoms with Crippen LogP contribution < -0.4 is 10.5 Å². The van der Waals surface area contributed by atoms with E-state index >= 15 is 0 Å². The van der Waals surface area contributed by atoms with E-state index in [-0.39, 0.29) is 0 Å². The minimum Gasteiger partial charge on any atom is -0.481 e. The molecular weight excluding hydrogens is 246 g/mol. The number of nitrogens with two attached hydrogens (primary N) is 1. The largest absolute Gasteiger partial charge is 0.481 e. The molecule has 0 saturated heterocycles. The van der Waals surface area contributed by atoms with E-state index in [9.17, 15) is 4.79 Å². The molecule has 0 saturated carbocycles. The van der Waals surface area contributed by atoms with E-state index in [2.05, 4.69) is 15.9 Å². The molecule has 0 aliphatic rings. The molecule has 1 aromatic carbocycles. The van der Waals surface area contributed by atoms with Crippen molar-refractivity contribution in [1.29, 1.82) is 0 Å². The first-order valence-electron chi connectivity index (χ1n) is 4.23.